The van der Waals surface area contributed by atoms with E-state index in [-0.39, 0.29) is 16.2 Å². The molecular formula is C14H14ClN3O2S. The largest absolute Gasteiger partial charge is 0.244 e. The van der Waals surface area contributed by atoms with Gasteiger partial charge in [0.1, 0.15) is 4.90 Å². The third-order valence-electron chi connectivity index (χ3n) is 3.44. The summed E-state index contributed by atoms with van der Waals surface area (Å²) < 4.78 is 27.6. The molecule has 2 aromatic rings. The van der Waals surface area contributed by atoms with Crippen LogP contribution in [0, 0.1) is 5.92 Å². The first-order valence-corrected chi connectivity index (χ1v) is 8.47. The lowest BCUT2D eigenvalue weighted by molar-refractivity contribution is 0.528. The van der Waals surface area contributed by atoms with Crippen LogP contribution in [-0.2, 0) is 10.0 Å². The van der Waals surface area contributed by atoms with E-state index in [1.54, 1.807) is 0 Å². The van der Waals surface area contributed by atoms with Crippen LogP contribution in [0.5, 0.6) is 0 Å². The van der Waals surface area contributed by atoms with Crippen LogP contribution in [0.2, 0.25) is 5.28 Å². The summed E-state index contributed by atoms with van der Waals surface area (Å²) in [5.41, 5.74) is 0.971. The average Bonchev–Trinajstić information content (AvgIpc) is 3.31. The van der Waals surface area contributed by atoms with Crippen molar-refractivity contribution in [1.29, 1.82) is 0 Å². The molecule has 5 nitrogen and oxygen atoms in total. The maximum Gasteiger partial charge on any atom is 0.244 e. The molecule has 0 amide bonds. The summed E-state index contributed by atoms with van der Waals surface area (Å²) in [6.45, 7) is 0. The number of halogens is 1. The van der Waals surface area contributed by atoms with Crippen LogP contribution >= 0.6 is 11.6 Å². The first-order chi connectivity index (χ1) is 10.1. The van der Waals surface area contributed by atoms with Crippen molar-refractivity contribution in [3.8, 4) is 0 Å². The van der Waals surface area contributed by atoms with Crippen molar-refractivity contribution in [2.24, 2.45) is 5.92 Å². The Bertz CT molecular complexity index is 716. The van der Waals surface area contributed by atoms with Crippen molar-refractivity contribution in [3.63, 3.8) is 0 Å². The SMILES string of the molecule is O=S(=O)(NC(c1ccccc1)C1CC1)c1cnc(Cl)nc1. The van der Waals surface area contributed by atoms with Crippen LogP contribution in [-0.4, -0.2) is 18.4 Å². The summed E-state index contributed by atoms with van der Waals surface area (Å²) in [4.78, 5) is 7.46. The molecule has 1 N–H and O–H groups in total. The molecule has 0 radical (unpaired) electrons. The number of hydrogen-bond acceptors (Lipinski definition) is 4. The topological polar surface area (TPSA) is 72.0 Å². The number of hydrogen-bond donors (Lipinski definition) is 1. The van der Waals surface area contributed by atoms with Gasteiger partial charge in [-0.2, -0.15) is 0 Å². The lowest BCUT2D eigenvalue weighted by Crippen LogP contribution is -2.30. The maximum atomic E-state index is 12.4. The van der Waals surface area contributed by atoms with Crippen molar-refractivity contribution in [2.45, 2.75) is 23.8 Å². The fraction of sp³-hybridized carbons (Fsp3) is 0.286. The predicted octanol–water partition coefficient (Wildman–Crippen LogP) is 2.56. The predicted molar refractivity (Wildman–Crippen MR) is 79.3 cm³/mol. The number of aromatic nitrogens is 2. The molecule has 1 aromatic carbocycles. The van der Waals surface area contributed by atoms with E-state index in [0.29, 0.717) is 5.92 Å². The van der Waals surface area contributed by atoms with Gasteiger partial charge < -0.3 is 0 Å². The number of nitrogens with zero attached hydrogens (tertiary/aromatic N) is 2. The van der Waals surface area contributed by atoms with Gasteiger partial charge in [-0.3, -0.25) is 0 Å². The molecule has 21 heavy (non-hydrogen) atoms. The summed E-state index contributed by atoms with van der Waals surface area (Å²) >= 11 is 5.59. The molecule has 1 heterocycles. The van der Waals surface area contributed by atoms with E-state index in [9.17, 15) is 8.42 Å². The summed E-state index contributed by atoms with van der Waals surface area (Å²) in [5.74, 6) is 0.343. The molecule has 1 saturated carbocycles. The summed E-state index contributed by atoms with van der Waals surface area (Å²) in [6, 6.07) is 9.38. The second kappa shape index (κ2) is 5.71. The average molecular weight is 324 g/mol. The molecular weight excluding hydrogens is 310 g/mol. The van der Waals surface area contributed by atoms with Gasteiger partial charge >= 0.3 is 0 Å². The second-order valence-corrected chi connectivity index (χ2v) is 7.09. The smallest absolute Gasteiger partial charge is 0.225 e. The molecule has 1 fully saturated rings. The molecule has 1 aliphatic carbocycles. The van der Waals surface area contributed by atoms with Crippen molar-refractivity contribution >= 4 is 21.6 Å². The highest BCUT2D eigenvalue weighted by atomic mass is 35.5. The number of sulfonamides is 1. The summed E-state index contributed by atoms with van der Waals surface area (Å²) in [6.07, 6.45) is 4.48. The molecule has 1 aromatic heterocycles. The Morgan fingerprint density at radius 3 is 2.33 bits per heavy atom. The molecule has 1 atom stereocenters. The normalized spacial score (nSPS) is 16.6. The molecule has 7 heteroatoms. The van der Waals surface area contributed by atoms with Gasteiger partial charge in [-0.1, -0.05) is 30.3 Å². The van der Waals surface area contributed by atoms with Crippen LogP contribution < -0.4 is 4.72 Å². The van der Waals surface area contributed by atoms with Crippen molar-refractivity contribution in [2.75, 3.05) is 0 Å². The monoisotopic (exact) mass is 323 g/mol. The Balaban J connectivity index is 1.87. The standard InChI is InChI=1S/C14H14ClN3O2S/c15-14-16-8-12(9-17-14)21(19,20)18-13(11-6-7-11)10-4-2-1-3-5-10/h1-5,8-9,11,13,18H,6-7H2. The zero-order valence-corrected chi connectivity index (χ0v) is 12.7. The van der Waals surface area contributed by atoms with E-state index >= 15 is 0 Å². The van der Waals surface area contributed by atoms with Gasteiger partial charge in [0.25, 0.3) is 0 Å². The molecule has 0 spiro atoms. The Morgan fingerprint density at radius 2 is 1.76 bits per heavy atom. The third kappa shape index (κ3) is 3.40. The molecule has 110 valence electrons. The third-order valence-corrected chi connectivity index (χ3v) is 5.03. The highest BCUT2D eigenvalue weighted by molar-refractivity contribution is 7.89. The zero-order valence-electron chi connectivity index (χ0n) is 11.1. The van der Waals surface area contributed by atoms with Crippen LogP contribution in [0.25, 0.3) is 0 Å². The van der Waals surface area contributed by atoms with Crippen molar-refractivity contribution in [1.82, 2.24) is 14.7 Å². The van der Waals surface area contributed by atoms with E-state index in [0.717, 1.165) is 18.4 Å². The molecule has 1 aliphatic rings. The van der Waals surface area contributed by atoms with Crippen LogP contribution in [0.4, 0.5) is 0 Å². The minimum absolute atomic E-state index is 0.0217. The number of benzene rings is 1. The van der Waals surface area contributed by atoms with E-state index < -0.39 is 10.0 Å². The first-order valence-electron chi connectivity index (χ1n) is 6.61. The van der Waals surface area contributed by atoms with E-state index in [4.69, 9.17) is 11.6 Å². The summed E-state index contributed by atoms with van der Waals surface area (Å²) in [5, 5.41) is 0.0238. The highest BCUT2D eigenvalue weighted by Gasteiger charge is 2.35. The van der Waals surface area contributed by atoms with E-state index in [2.05, 4.69) is 14.7 Å². The van der Waals surface area contributed by atoms with Crippen LogP contribution in [0.3, 0.4) is 0 Å². The molecule has 1 unspecified atom stereocenters. The van der Waals surface area contributed by atoms with Gasteiger partial charge in [-0.05, 0) is 35.9 Å². The molecule has 0 bridgehead atoms. The van der Waals surface area contributed by atoms with Gasteiger partial charge in [0, 0.05) is 6.04 Å². The van der Waals surface area contributed by atoms with Gasteiger partial charge in [0.15, 0.2) is 0 Å². The molecule has 3 rings (SSSR count). The Labute approximate surface area is 128 Å². The van der Waals surface area contributed by atoms with E-state index in [1.165, 1.54) is 12.4 Å². The molecule has 0 saturated heterocycles. The van der Waals surface area contributed by atoms with E-state index in [1.807, 2.05) is 30.3 Å². The summed E-state index contributed by atoms with van der Waals surface area (Å²) in [7, 11) is -3.66. The number of rotatable bonds is 5. The van der Waals surface area contributed by atoms with Crippen LogP contribution in [0.1, 0.15) is 24.4 Å². The fourth-order valence-corrected chi connectivity index (χ4v) is 3.48. The lowest BCUT2D eigenvalue weighted by atomic mass is 10.0. The highest BCUT2D eigenvalue weighted by Crippen LogP contribution is 2.41. The minimum Gasteiger partial charge on any atom is -0.225 e. The first kappa shape index (κ1) is 14.4. The van der Waals surface area contributed by atoms with Gasteiger partial charge in [-0.15, -0.1) is 0 Å². The maximum absolute atomic E-state index is 12.4. The Hall–Kier alpha value is -1.50. The van der Waals surface area contributed by atoms with Crippen molar-refractivity contribution in [3.05, 3.63) is 53.6 Å². The Morgan fingerprint density at radius 1 is 1.14 bits per heavy atom. The fourth-order valence-electron chi connectivity index (χ4n) is 2.20. The van der Waals surface area contributed by atoms with Gasteiger partial charge in [0.2, 0.25) is 15.3 Å². The van der Waals surface area contributed by atoms with Gasteiger partial charge in [-0.25, -0.2) is 23.1 Å². The lowest BCUT2D eigenvalue weighted by Gasteiger charge is -2.18. The second-order valence-electron chi connectivity index (χ2n) is 5.03. The quantitative estimate of drug-likeness (QED) is 0.858. The van der Waals surface area contributed by atoms with Gasteiger partial charge in [0.05, 0.1) is 12.4 Å². The Kier molecular flexibility index (Phi) is 3.93. The molecule has 0 aliphatic heterocycles. The van der Waals surface area contributed by atoms with Crippen LogP contribution in [0.15, 0.2) is 47.6 Å². The van der Waals surface area contributed by atoms with Crippen molar-refractivity contribution < 1.29 is 8.42 Å². The minimum atomic E-state index is -3.66. The zero-order chi connectivity index (χ0) is 14.9. The number of nitrogens with one attached hydrogen (secondary N) is 1.